The summed E-state index contributed by atoms with van der Waals surface area (Å²) < 4.78 is 22.2. The van der Waals surface area contributed by atoms with Crippen molar-refractivity contribution in [2.45, 2.75) is 24.3 Å². The molecule has 15 heteroatoms. The minimum absolute atomic E-state index is 0.0171. The molecule has 12 nitrogen and oxygen atoms in total. The summed E-state index contributed by atoms with van der Waals surface area (Å²) in [5, 5.41) is 11.3. The monoisotopic (exact) mass is 397 g/mol. The number of nitrogens with one attached hydrogen (secondary N) is 1. The van der Waals surface area contributed by atoms with Crippen LogP contribution >= 0.6 is 26.8 Å². The Hall–Kier alpha value is -0.580. The van der Waals surface area contributed by atoms with Gasteiger partial charge in [-0.15, -0.1) is 16.5 Å². The number of alkyl halides is 1. The molecule has 0 rings (SSSR count). The molecule has 6 N–H and O–H groups in total. The lowest BCUT2D eigenvalue weighted by atomic mass is 10.2. The molecule has 0 saturated carbocycles. The maximum Gasteiger partial charge on any atom is 0.369 e. The number of nitroso groups, excluding NO2 is 1. The van der Waals surface area contributed by atoms with Gasteiger partial charge in [0.1, 0.15) is 0 Å². The van der Waals surface area contributed by atoms with Crippen molar-refractivity contribution >= 4 is 32.8 Å². The van der Waals surface area contributed by atoms with Gasteiger partial charge >= 0.3 is 21.2 Å². The molecular weight excluding hydrogens is 380 g/mol. The van der Waals surface area contributed by atoms with Crippen molar-refractivity contribution in [2.75, 3.05) is 19.0 Å². The van der Waals surface area contributed by atoms with E-state index in [4.69, 9.17) is 31.2 Å². The van der Waals surface area contributed by atoms with E-state index in [1.807, 2.05) is 0 Å². The zero-order valence-electron chi connectivity index (χ0n) is 11.8. The summed E-state index contributed by atoms with van der Waals surface area (Å²) in [5.74, 6) is -0.0171. The van der Waals surface area contributed by atoms with Crippen LogP contribution in [0.15, 0.2) is 5.29 Å². The molecule has 0 aliphatic carbocycles. The average molecular weight is 398 g/mol. The first-order valence-electron chi connectivity index (χ1n) is 6.19. The van der Waals surface area contributed by atoms with Crippen molar-refractivity contribution in [1.29, 1.82) is 0 Å². The van der Waals surface area contributed by atoms with Crippen molar-refractivity contribution in [1.82, 2.24) is 10.3 Å². The van der Waals surface area contributed by atoms with Crippen LogP contribution in [0.4, 0.5) is 4.79 Å². The van der Waals surface area contributed by atoms with E-state index in [-0.39, 0.29) is 31.8 Å². The van der Waals surface area contributed by atoms with Gasteiger partial charge in [-0.25, -0.2) is 4.79 Å². The quantitative estimate of drug-likeness (QED) is 0.0971. The summed E-state index contributed by atoms with van der Waals surface area (Å²) in [6.07, 6.45) is -1.06. The maximum absolute atomic E-state index is 11.4. The lowest BCUT2D eigenvalue weighted by Crippen LogP contribution is -2.38. The number of urea groups is 1. The van der Waals surface area contributed by atoms with Gasteiger partial charge in [0.05, 0.1) is 11.8 Å². The molecule has 0 bridgehead atoms. The number of unbranched alkanes of at least 4 members (excludes halogenated alkanes) is 1. The molecule has 0 unspecified atom stereocenters. The number of rotatable bonds is 10. The van der Waals surface area contributed by atoms with Gasteiger partial charge in [-0.3, -0.25) is 9.13 Å². The van der Waals surface area contributed by atoms with E-state index in [0.29, 0.717) is 5.01 Å². The Balaban J connectivity index is 4.45. The van der Waals surface area contributed by atoms with Crippen LogP contribution in [0.3, 0.4) is 0 Å². The highest BCUT2D eigenvalue weighted by molar-refractivity contribution is 7.72. The largest absolute Gasteiger partial charge is 0.369 e. The molecule has 0 spiro atoms. The van der Waals surface area contributed by atoms with E-state index in [0.717, 1.165) is 0 Å². The Labute approximate surface area is 136 Å². The van der Waals surface area contributed by atoms with Crippen LogP contribution in [0, 0.1) is 4.91 Å². The van der Waals surface area contributed by atoms with E-state index in [2.05, 4.69) is 10.6 Å². The zero-order chi connectivity index (χ0) is 18.3. The van der Waals surface area contributed by atoms with Crippen molar-refractivity contribution in [3.05, 3.63) is 4.91 Å². The standard InChI is InChI=1S/C8H18ClN3O9P2/c9-4-6-12(11-15)7(13)10-5-2-1-3-8(14,22(16,17)18)23(19,20)21/h14H,1-6H2,(H,10,13)(H2,16,17,18)(H2,19,20,21). The molecule has 0 aromatic rings. The van der Waals surface area contributed by atoms with Crippen LogP contribution in [0.1, 0.15) is 19.3 Å². The minimum atomic E-state index is -5.48. The van der Waals surface area contributed by atoms with Crippen LogP contribution in [-0.4, -0.2) is 59.8 Å². The number of hydrogen-bond donors (Lipinski definition) is 6. The smallest absolute Gasteiger partial charge is 0.368 e. The van der Waals surface area contributed by atoms with Crippen molar-refractivity contribution in [3.8, 4) is 0 Å². The summed E-state index contributed by atoms with van der Waals surface area (Å²) >= 11 is 5.34. The Kier molecular flexibility index (Phi) is 8.82. The van der Waals surface area contributed by atoms with Gasteiger partial charge in [0.2, 0.25) is 0 Å². The fourth-order valence-electron chi connectivity index (χ4n) is 1.49. The number of carbonyl (C=O) groups excluding carboxylic acids is 1. The molecule has 0 aromatic carbocycles. The Morgan fingerprint density at radius 1 is 1.17 bits per heavy atom. The van der Waals surface area contributed by atoms with Crippen molar-refractivity contribution < 1.29 is 38.6 Å². The molecule has 0 aromatic heterocycles. The molecule has 136 valence electrons. The minimum Gasteiger partial charge on any atom is -0.368 e. The van der Waals surface area contributed by atoms with Gasteiger partial charge in [0.25, 0.3) is 5.08 Å². The van der Waals surface area contributed by atoms with E-state index >= 15 is 0 Å². The van der Waals surface area contributed by atoms with E-state index in [1.165, 1.54) is 0 Å². The van der Waals surface area contributed by atoms with E-state index in [1.54, 1.807) is 0 Å². The molecule has 0 atom stereocenters. The molecule has 0 aliphatic rings. The van der Waals surface area contributed by atoms with E-state index in [9.17, 15) is 23.9 Å². The molecule has 0 heterocycles. The number of aliphatic hydroxyl groups is 1. The maximum atomic E-state index is 11.4. The first-order chi connectivity index (χ1) is 10.4. The Morgan fingerprint density at radius 3 is 2.09 bits per heavy atom. The van der Waals surface area contributed by atoms with Crippen LogP contribution < -0.4 is 5.32 Å². The number of amides is 2. The van der Waals surface area contributed by atoms with Crippen molar-refractivity contribution in [2.24, 2.45) is 5.29 Å². The Morgan fingerprint density at radius 2 is 1.70 bits per heavy atom. The van der Waals surface area contributed by atoms with E-state index < -0.39 is 32.7 Å². The van der Waals surface area contributed by atoms with Gasteiger partial charge in [-0.05, 0) is 19.3 Å². The molecule has 0 fully saturated rings. The topological polar surface area (TPSA) is 197 Å². The molecular formula is C8H18ClN3O9P2. The lowest BCUT2D eigenvalue weighted by Gasteiger charge is -2.29. The first-order valence-corrected chi connectivity index (χ1v) is 9.95. The predicted octanol–water partition coefficient (Wildman–Crippen LogP) is 0.0900. The summed E-state index contributed by atoms with van der Waals surface area (Å²) in [6.45, 7) is -0.196. The molecule has 23 heavy (non-hydrogen) atoms. The number of hydrogen-bond acceptors (Lipinski definition) is 6. The van der Waals surface area contributed by atoms with Crippen LogP contribution in [-0.2, 0) is 9.13 Å². The third-order valence-electron chi connectivity index (χ3n) is 2.78. The van der Waals surface area contributed by atoms with Gasteiger partial charge in [0, 0.05) is 12.4 Å². The highest BCUT2D eigenvalue weighted by Gasteiger charge is 2.58. The second-order valence-electron chi connectivity index (χ2n) is 4.45. The normalized spacial score (nSPS) is 12.8. The van der Waals surface area contributed by atoms with Gasteiger partial charge in [-0.2, -0.15) is 5.01 Å². The number of nitrogens with zero attached hydrogens (tertiary/aromatic N) is 2. The summed E-state index contributed by atoms with van der Waals surface area (Å²) in [7, 11) is -11.0. The summed E-state index contributed by atoms with van der Waals surface area (Å²) in [6, 6.07) is -0.846. The second-order valence-corrected chi connectivity index (χ2v) is 8.83. The van der Waals surface area contributed by atoms with Gasteiger partial charge in [0.15, 0.2) is 0 Å². The molecule has 0 radical (unpaired) electrons. The number of carbonyl (C=O) groups is 1. The molecule has 0 saturated heterocycles. The average Bonchev–Trinajstić information content (AvgIpc) is 2.41. The third-order valence-corrected chi connectivity index (χ3v) is 6.82. The first kappa shape index (κ1) is 22.4. The highest BCUT2D eigenvalue weighted by atomic mass is 35.5. The SMILES string of the molecule is O=NN(CCCl)C(=O)NCCCCC(O)(P(=O)(O)O)P(=O)(O)O. The third kappa shape index (κ3) is 6.44. The highest BCUT2D eigenvalue weighted by Crippen LogP contribution is 2.69. The molecule has 0 aliphatic heterocycles. The lowest BCUT2D eigenvalue weighted by molar-refractivity contribution is 0.120. The second kappa shape index (κ2) is 9.05. The van der Waals surface area contributed by atoms with Crippen LogP contribution in [0.5, 0.6) is 0 Å². The summed E-state index contributed by atoms with van der Waals surface area (Å²) in [5.41, 5.74) is 0. The zero-order valence-corrected chi connectivity index (χ0v) is 14.3. The van der Waals surface area contributed by atoms with Crippen LogP contribution in [0.2, 0.25) is 0 Å². The van der Waals surface area contributed by atoms with Gasteiger partial charge < -0.3 is 30.0 Å². The van der Waals surface area contributed by atoms with Gasteiger partial charge in [-0.1, -0.05) is 0 Å². The van der Waals surface area contributed by atoms with Crippen molar-refractivity contribution in [3.63, 3.8) is 0 Å². The van der Waals surface area contributed by atoms with Crippen LogP contribution in [0.25, 0.3) is 0 Å². The fourth-order valence-corrected chi connectivity index (χ4v) is 3.91. The predicted molar refractivity (Wildman–Crippen MR) is 79.5 cm³/mol. The molecule has 2 amide bonds. The summed E-state index contributed by atoms with van der Waals surface area (Å²) in [4.78, 5) is 57.4. The number of halogens is 1. The Bertz CT molecular complexity index is 485. The fraction of sp³-hybridized carbons (Fsp3) is 0.875.